The Kier molecular flexibility index (Phi) is 2.52. The molecule has 0 bridgehead atoms. The maximum atomic E-state index is 13.8. The van der Waals surface area contributed by atoms with Crippen LogP contribution >= 0.6 is 0 Å². The van der Waals surface area contributed by atoms with Gasteiger partial charge < -0.3 is 15.5 Å². The first-order valence-corrected chi connectivity index (χ1v) is 4.77. The number of methoxy groups -OCH3 is 1. The molecule has 0 aliphatic heterocycles. The van der Waals surface area contributed by atoms with Gasteiger partial charge >= 0.3 is 0 Å². The quantitative estimate of drug-likeness (QED) is 0.816. The van der Waals surface area contributed by atoms with Crippen LogP contribution in [-0.4, -0.2) is 17.1 Å². The molecule has 2 rings (SSSR count). The number of aryl methyl sites for hydroxylation is 1. The molecule has 5 heteroatoms. The summed E-state index contributed by atoms with van der Waals surface area (Å²) in [6.45, 7) is 1.80. The third kappa shape index (κ3) is 1.71. The molecule has 0 radical (unpaired) electrons. The molecule has 16 heavy (non-hydrogen) atoms. The molecule has 0 aliphatic carbocycles. The van der Waals surface area contributed by atoms with Crippen molar-refractivity contribution in [2.24, 2.45) is 0 Å². The first-order valence-electron chi connectivity index (χ1n) is 4.77. The minimum atomic E-state index is -0.361. The Morgan fingerprint density at radius 3 is 2.75 bits per heavy atom. The van der Waals surface area contributed by atoms with E-state index in [0.717, 1.165) is 5.56 Å². The maximum absolute atomic E-state index is 13.8. The summed E-state index contributed by atoms with van der Waals surface area (Å²) >= 11 is 0. The zero-order chi connectivity index (χ0) is 11.7. The molecule has 4 nitrogen and oxygen atoms in total. The largest absolute Gasteiger partial charge is 0.496 e. The van der Waals surface area contributed by atoms with Gasteiger partial charge in [0.15, 0.2) is 5.95 Å². The first-order chi connectivity index (χ1) is 7.61. The Labute approximate surface area is 92.3 Å². The lowest BCUT2D eigenvalue weighted by Crippen LogP contribution is -1.94. The van der Waals surface area contributed by atoms with Crippen LogP contribution in [0.1, 0.15) is 5.56 Å². The molecular formula is C11H12FN3O. The van der Waals surface area contributed by atoms with Crippen molar-refractivity contribution in [1.82, 2.24) is 9.97 Å². The average molecular weight is 221 g/mol. The fourth-order valence-electron chi connectivity index (χ4n) is 1.60. The number of benzene rings is 1. The summed E-state index contributed by atoms with van der Waals surface area (Å²) in [4.78, 5) is 6.61. The highest BCUT2D eigenvalue weighted by Gasteiger charge is 2.14. The van der Waals surface area contributed by atoms with Crippen molar-refractivity contribution in [3.63, 3.8) is 0 Å². The van der Waals surface area contributed by atoms with Gasteiger partial charge in [-0.1, -0.05) is 0 Å². The summed E-state index contributed by atoms with van der Waals surface area (Å²) in [5.74, 6) is 0.346. The van der Waals surface area contributed by atoms with Crippen LogP contribution in [0.5, 0.6) is 5.75 Å². The van der Waals surface area contributed by atoms with Crippen LogP contribution in [0.4, 0.5) is 10.3 Å². The second-order valence-electron chi connectivity index (χ2n) is 3.51. The van der Waals surface area contributed by atoms with Gasteiger partial charge in [-0.05, 0) is 24.6 Å². The SMILES string of the molecule is COc1cc(C)cc(F)c1-c1cnc(N)[nH]1. The number of hydrogen-bond donors (Lipinski definition) is 2. The van der Waals surface area contributed by atoms with Gasteiger partial charge in [0.1, 0.15) is 11.6 Å². The van der Waals surface area contributed by atoms with E-state index in [1.807, 2.05) is 0 Å². The minimum Gasteiger partial charge on any atom is -0.496 e. The maximum Gasteiger partial charge on any atom is 0.197 e. The molecule has 1 aromatic carbocycles. The van der Waals surface area contributed by atoms with E-state index < -0.39 is 0 Å². The van der Waals surface area contributed by atoms with Gasteiger partial charge in [-0.25, -0.2) is 9.37 Å². The van der Waals surface area contributed by atoms with E-state index in [0.29, 0.717) is 17.0 Å². The van der Waals surface area contributed by atoms with Crippen molar-refractivity contribution in [2.45, 2.75) is 6.92 Å². The summed E-state index contributed by atoms with van der Waals surface area (Å²) < 4.78 is 19.0. The average Bonchev–Trinajstić information content (AvgIpc) is 2.63. The summed E-state index contributed by atoms with van der Waals surface area (Å²) in [6, 6.07) is 3.20. The Morgan fingerprint density at radius 1 is 1.44 bits per heavy atom. The van der Waals surface area contributed by atoms with E-state index in [1.165, 1.54) is 19.4 Å². The normalized spacial score (nSPS) is 10.4. The molecule has 1 aromatic heterocycles. The van der Waals surface area contributed by atoms with Crippen molar-refractivity contribution >= 4 is 5.95 Å². The molecule has 0 unspecified atom stereocenters. The Hall–Kier alpha value is -2.04. The fourth-order valence-corrected chi connectivity index (χ4v) is 1.60. The minimum absolute atomic E-state index is 0.247. The van der Waals surface area contributed by atoms with Crippen molar-refractivity contribution in [3.8, 4) is 17.0 Å². The van der Waals surface area contributed by atoms with Gasteiger partial charge in [-0.3, -0.25) is 0 Å². The third-order valence-corrected chi connectivity index (χ3v) is 2.28. The van der Waals surface area contributed by atoms with Crippen molar-refractivity contribution < 1.29 is 9.13 Å². The van der Waals surface area contributed by atoms with Crippen molar-refractivity contribution in [3.05, 3.63) is 29.7 Å². The molecular weight excluding hydrogens is 209 g/mol. The topological polar surface area (TPSA) is 63.9 Å². The predicted molar refractivity (Wildman–Crippen MR) is 59.7 cm³/mol. The second-order valence-corrected chi connectivity index (χ2v) is 3.51. The van der Waals surface area contributed by atoms with E-state index in [4.69, 9.17) is 10.5 Å². The van der Waals surface area contributed by atoms with E-state index in [2.05, 4.69) is 9.97 Å². The van der Waals surface area contributed by atoms with Gasteiger partial charge in [-0.15, -0.1) is 0 Å². The van der Waals surface area contributed by atoms with Crippen molar-refractivity contribution in [1.29, 1.82) is 0 Å². The molecule has 1 heterocycles. The number of nitrogens with zero attached hydrogens (tertiary/aromatic N) is 1. The smallest absolute Gasteiger partial charge is 0.197 e. The van der Waals surface area contributed by atoms with E-state index in [-0.39, 0.29) is 11.8 Å². The molecule has 0 aliphatic rings. The van der Waals surface area contributed by atoms with Gasteiger partial charge in [0.05, 0.1) is 24.6 Å². The number of hydrogen-bond acceptors (Lipinski definition) is 3. The lowest BCUT2D eigenvalue weighted by molar-refractivity contribution is 0.413. The number of aromatic nitrogens is 2. The molecule has 0 spiro atoms. The standard InChI is InChI=1S/C11H12FN3O/c1-6-3-7(12)10(9(4-6)16-2)8-5-14-11(13)15-8/h3-5H,1-2H3,(H3,13,14,15). The number of nitrogens with one attached hydrogen (secondary N) is 1. The number of rotatable bonds is 2. The number of anilines is 1. The zero-order valence-corrected chi connectivity index (χ0v) is 9.04. The van der Waals surface area contributed by atoms with Crippen molar-refractivity contribution in [2.75, 3.05) is 12.8 Å². The molecule has 0 atom stereocenters. The molecule has 0 fully saturated rings. The van der Waals surface area contributed by atoms with Crippen LogP contribution in [0.25, 0.3) is 11.3 Å². The lowest BCUT2D eigenvalue weighted by Gasteiger charge is -2.09. The van der Waals surface area contributed by atoms with E-state index in [9.17, 15) is 4.39 Å². The monoisotopic (exact) mass is 221 g/mol. The second kappa shape index (κ2) is 3.84. The number of nitrogen functional groups attached to an aromatic ring is 1. The number of H-pyrrole nitrogens is 1. The Morgan fingerprint density at radius 2 is 2.19 bits per heavy atom. The van der Waals surface area contributed by atoms with Crippen LogP contribution in [0.2, 0.25) is 0 Å². The van der Waals surface area contributed by atoms with E-state index in [1.54, 1.807) is 13.0 Å². The van der Waals surface area contributed by atoms with Crippen LogP contribution in [-0.2, 0) is 0 Å². The number of aromatic amines is 1. The molecule has 84 valence electrons. The van der Waals surface area contributed by atoms with Crippen LogP contribution < -0.4 is 10.5 Å². The first kappa shape index (κ1) is 10.5. The van der Waals surface area contributed by atoms with Gasteiger partial charge in [0, 0.05) is 0 Å². The van der Waals surface area contributed by atoms with Crippen LogP contribution in [0.15, 0.2) is 18.3 Å². The molecule has 3 N–H and O–H groups in total. The number of halogens is 1. The molecule has 0 amide bonds. The predicted octanol–water partition coefficient (Wildman–Crippen LogP) is 2.12. The highest BCUT2D eigenvalue weighted by atomic mass is 19.1. The van der Waals surface area contributed by atoms with Gasteiger partial charge in [0.25, 0.3) is 0 Å². The lowest BCUT2D eigenvalue weighted by atomic mass is 10.1. The van der Waals surface area contributed by atoms with Crippen LogP contribution in [0, 0.1) is 12.7 Å². The summed E-state index contributed by atoms with van der Waals surface area (Å²) in [7, 11) is 1.50. The van der Waals surface area contributed by atoms with E-state index >= 15 is 0 Å². The molecule has 0 saturated carbocycles. The third-order valence-electron chi connectivity index (χ3n) is 2.28. The number of imidazole rings is 1. The Balaban J connectivity index is 2.63. The van der Waals surface area contributed by atoms with Gasteiger partial charge in [-0.2, -0.15) is 0 Å². The van der Waals surface area contributed by atoms with Gasteiger partial charge in [0.2, 0.25) is 0 Å². The number of ether oxygens (including phenoxy) is 1. The fraction of sp³-hybridized carbons (Fsp3) is 0.182. The summed E-state index contributed by atoms with van der Waals surface area (Å²) in [5, 5.41) is 0. The molecule has 0 saturated heterocycles. The summed E-state index contributed by atoms with van der Waals surface area (Å²) in [6.07, 6.45) is 1.48. The zero-order valence-electron chi connectivity index (χ0n) is 9.04. The molecule has 2 aromatic rings. The highest BCUT2D eigenvalue weighted by molar-refractivity contribution is 5.69. The number of nitrogens with two attached hydrogens (primary N) is 1. The summed E-state index contributed by atoms with van der Waals surface area (Å²) in [5.41, 5.74) is 7.11. The Bertz CT molecular complexity index is 522. The highest BCUT2D eigenvalue weighted by Crippen LogP contribution is 2.32. The van der Waals surface area contributed by atoms with Crippen LogP contribution in [0.3, 0.4) is 0 Å².